The highest BCUT2D eigenvalue weighted by Crippen LogP contribution is 2.19. The third-order valence-corrected chi connectivity index (χ3v) is 2.27. The molecular weight excluding hydrogens is 274 g/mol. The van der Waals surface area contributed by atoms with Gasteiger partial charge in [-0.05, 0) is 4.92 Å². The van der Waals surface area contributed by atoms with Crippen LogP contribution in [-0.2, 0) is 0 Å². The number of nitro groups is 2. The van der Waals surface area contributed by atoms with Gasteiger partial charge in [0, 0.05) is 6.07 Å². The third-order valence-electron chi connectivity index (χ3n) is 2.27. The van der Waals surface area contributed by atoms with Gasteiger partial charge in [0.05, 0.1) is 22.3 Å². The van der Waals surface area contributed by atoms with E-state index in [0.29, 0.717) is 0 Å². The first-order chi connectivity index (χ1) is 9.40. The minimum Gasteiger partial charge on any atom is -0.478 e. The van der Waals surface area contributed by atoms with E-state index in [1.54, 1.807) is 0 Å². The molecule has 11 nitrogen and oxygen atoms in total. The number of pyridine rings is 1. The van der Waals surface area contributed by atoms with Crippen LogP contribution >= 0.6 is 0 Å². The van der Waals surface area contributed by atoms with Crippen LogP contribution in [0.3, 0.4) is 0 Å². The molecule has 2 rings (SSSR count). The Balaban J connectivity index is 2.57. The number of carboxylic acids is 1. The van der Waals surface area contributed by atoms with Crippen LogP contribution in [0.5, 0.6) is 0 Å². The number of carboxylic acid groups (broad SMARTS) is 1. The van der Waals surface area contributed by atoms with Crippen molar-refractivity contribution < 1.29 is 19.7 Å². The lowest BCUT2D eigenvalue weighted by molar-refractivity contribution is -0.389. The maximum atomic E-state index is 11.1. The predicted octanol–water partition coefficient (Wildman–Crippen LogP) is 0.782. The molecule has 0 spiro atoms. The summed E-state index contributed by atoms with van der Waals surface area (Å²) >= 11 is 0. The lowest BCUT2D eigenvalue weighted by Gasteiger charge is -2.01. The molecule has 0 aliphatic rings. The molecule has 2 aromatic heterocycles. The van der Waals surface area contributed by atoms with Crippen LogP contribution in [0.25, 0.3) is 5.82 Å². The Labute approximate surface area is 109 Å². The Hall–Kier alpha value is -3.37. The minimum absolute atomic E-state index is 0.254. The van der Waals surface area contributed by atoms with E-state index in [4.69, 9.17) is 5.11 Å². The number of aromatic carboxylic acids is 1. The molecule has 20 heavy (non-hydrogen) atoms. The van der Waals surface area contributed by atoms with Gasteiger partial charge in [0.2, 0.25) is 0 Å². The van der Waals surface area contributed by atoms with Crippen LogP contribution in [0.15, 0.2) is 24.5 Å². The zero-order valence-electron chi connectivity index (χ0n) is 9.53. The van der Waals surface area contributed by atoms with Crippen molar-refractivity contribution in [1.29, 1.82) is 0 Å². The Morgan fingerprint density at radius 2 is 2.00 bits per heavy atom. The Bertz CT molecular complexity index is 723. The van der Waals surface area contributed by atoms with E-state index in [-0.39, 0.29) is 5.82 Å². The highest BCUT2D eigenvalue weighted by molar-refractivity contribution is 5.91. The summed E-state index contributed by atoms with van der Waals surface area (Å²) in [6.45, 7) is 0. The number of aromatic nitrogens is 3. The summed E-state index contributed by atoms with van der Waals surface area (Å²) in [6.07, 6.45) is 1.98. The summed E-state index contributed by atoms with van der Waals surface area (Å²) in [5.74, 6) is -2.22. The molecule has 102 valence electrons. The molecular formula is C9H5N5O6. The van der Waals surface area contributed by atoms with Crippen molar-refractivity contribution in [3.63, 3.8) is 0 Å². The van der Waals surface area contributed by atoms with E-state index in [9.17, 15) is 25.0 Å². The van der Waals surface area contributed by atoms with Gasteiger partial charge in [-0.15, -0.1) is 4.68 Å². The highest BCUT2D eigenvalue weighted by Gasteiger charge is 2.22. The van der Waals surface area contributed by atoms with Crippen LogP contribution < -0.4 is 0 Å². The molecule has 1 N–H and O–H groups in total. The molecule has 0 aliphatic heterocycles. The van der Waals surface area contributed by atoms with Crippen LogP contribution in [0.1, 0.15) is 10.4 Å². The van der Waals surface area contributed by atoms with Gasteiger partial charge >= 0.3 is 11.8 Å². The third kappa shape index (κ3) is 2.27. The number of hydrogen-bond acceptors (Lipinski definition) is 7. The van der Waals surface area contributed by atoms with Gasteiger partial charge in [0.1, 0.15) is 11.8 Å². The first kappa shape index (κ1) is 13.1. The topological polar surface area (TPSA) is 154 Å². The summed E-state index contributed by atoms with van der Waals surface area (Å²) in [5.41, 5.74) is -0.995. The van der Waals surface area contributed by atoms with Gasteiger partial charge in [0.25, 0.3) is 5.69 Å². The average molecular weight is 279 g/mol. The van der Waals surface area contributed by atoms with Gasteiger partial charge in [-0.25, -0.2) is 9.78 Å². The number of rotatable bonds is 4. The fraction of sp³-hybridized carbons (Fsp3) is 0. The molecule has 0 radical (unpaired) electrons. The fourth-order valence-electron chi connectivity index (χ4n) is 1.42. The van der Waals surface area contributed by atoms with Crippen LogP contribution in [0, 0.1) is 20.2 Å². The number of nitrogens with zero attached hydrogens (tertiary/aromatic N) is 5. The zero-order valence-corrected chi connectivity index (χ0v) is 9.53. The predicted molar refractivity (Wildman–Crippen MR) is 61.6 cm³/mol. The van der Waals surface area contributed by atoms with E-state index in [1.165, 1.54) is 0 Å². The molecule has 0 atom stereocenters. The maximum absolute atomic E-state index is 11.1. The highest BCUT2D eigenvalue weighted by atomic mass is 16.6. The van der Waals surface area contributed by atoms with Crippen molar-refractivity contribution in [2.45, 2.75) is 0 Å². The number of hydrogen-bond donors (Lipinski definition) is 1. The van der Waals surface area contributed by atoms with Gasteiger partial charge in [-0.2, -0.15) is 0 Å². The smallest absolute Gasteiger partial charge is 0.390 e. The van der Waals surface area contributed by atoms with Crippen molar-refractivity contribution in [3.05, 3.63) is 50.3 Å². The summed E-state index contributed by atoms with van der Waals surface area (Å²) in [7, 11) is 0. The largest absolute Gasteiger partial charge is 0.478 e. The first-order valence-corrected chi connectivity index (χ1v) is 4.98. The molecule has 0 aliphatic carbocycles. The zero-order chi connectivity index (χ0) is 14.9. The monoisotopic (exact) mass is 279 g/mol. The normalized spacial score (nSPS) is 10.2. The van der Waals surface area contributed by atoms with E-state index in [2.05, 4.69) is 10.1 Å². The van der Waals surface area contributed by atoms with Gasteiger partial charge in [-0.1, -0.05) is 0 Å². The van der Waals surface area contributed by atoms with Crippen molar-refractivity contribution in [1.82, 2.24) is 14.8 Å². The van der Waals surface area contributed by atoms with Crippen molar-refractivity contribution in [2.24, 2.45) is 0 Å². The molecule has 0 fully saturated rings. The summed E-state index contributed by atoms with van der Waals surface area (Å²) in [6, 6.07) is 1.85. The first-order valence-electron chi connectivity index (χ1n) is 4.98. The second-order valence-electron chi connectivity index (χ2n) is 3.50. The molecule has 0 bridgehead atoms. The van der Waals surface area contributed by atoms with Gasteiger partial charge in [0.15, 0.2) is 5.82 Å². The Morgan fingerprint density at radius 1 is 1.30 bits per heavy atom. The lowest BCUT2D eigenvalue weighted by Crippen LogP contribution is -2.09. The minimum atomic E-state index is -1.46. The number of carbonyl (C=O) groups is 1. The van der Waals surface area contributed by atoms with E-state index in [1.807, 2.05) is 0 Å². The molecule has 0 amide bonds. The fourth-order valence-corrected chi connectivity index (χ4v) is 1.42. The average Bonchev–Trinajstić information content (AvgIpc) is 2.87. The van der Waals surface area contributed by atoms with E-state index >= 15 is 0 Å². The van der Waals surface area contributed by atoms with Crippen molar-refractivity contribution in [3.8, 4) is 5.82 Å². The van der Waals surface area contributed by atoms with Crippen molar-refractivity contribution >= 4 is 17.5 Å². The van der Waals surface area contributed by atoms with Crippen molar-refractivity contribution in [2.75, 3.05) is 0 Å². The van der Waals surface area contributed by atoms with Crippen LogP contribution in [0.2, 0.25) is 0 Å². The molecule has 2 aromatic rings. The van der Waals surface area contributed by atoms with Gasteiger partial charge < -0.3 is 15.2 Å². The lowest BCUT2D eigenvalue weighted by atomic mass is 10.2. The Kier molecular flexibility index (Phi) is 3.08. The molecule has 0 saturated carbocycles. The maximum Gasteiger partial charge on any atom is 0.390 e. The van der Waals surface area contributed by atoms with Crippen LogP contribution in [-0.4, -0.2) is 35.7 Å². The standard InChI is InChI=1S/C9H5N5O6/c15-9(16)6-3-5(13(17)18)4-10-8(6)12-2-1-7(11-12)14(19)20/h1-4H,(H,15,16). The van der Waals surface area contributed by atoms with E-state index < -0.39 is 32.9 Å². The van der Waals surface area contributed by atoms with Gasteiger partial charge in [-0.3, -0.25) is 10.1 Å². The van der Waals surface area contributed by atoms with E-state index in [0.717, 1.165) is 29.2 Å². The molecule has 0 aromatic carbocycles. The molecule has 0 unspecified atom stereocenters. The van der Waals surface area contributed by atoms with Crippen LogP contribution in [0.4, 0.5) is 11.5 Å². The summed E-state index contributed by atoms with van der Waals surface area (Å²) in [4.78, 5) is 34.2. The molecule has 0 saturated heterocycles. The Morgan fingerprint density at radius 3 is 2.50 bits per heavy atom. The molecule has 2 heterocycles. The second-order valence-corrected chi connectivity index (χ2v) is 3.50. The quantitative estimate of drug-likeness (QED) is 0.635. The summed E-state index contributed by atoms with van der Waals surface area (Å²) < 4.78 is 0.866. The summed E-state index contributed by atoms with van der Waals surface area (Å²) in [5, 5.41) is 33.6. The molecule has 11 heteroatoms. The second kappa shape index (κ2) is 4.72. The SMILES string of the molecule is O=C(O)c1cc([N+](=O)[O-])cnc1-n1ccc([N+](=O)[O-])n1.